The van der Waals surface area contributed by atoms with Crippen molar-refractivity contribution < 1.29 is 18.3 Å². The zero-order valence-corrected chi connectivity index (χ0v) is 16.8. The number of halogens is 2. The predicted molar refractivity (Wildman–Crippen MR) is 117 cm³/mol. The number of para-hydroxylation sites is 1. The summed E-state index contributed by atoms with van der Waals surface area (Å²) in [5, 5.41) is 10.9. The smallest absolute Gasteiger partial charge is 0.255 e. The maximum atomic E-state index is 14.4. The molecule has 0 atom stereocenters. The maximum absolute atomic E-state index is 14.4. The molecule has 3 rings (SSSR count). The van der Waals surface area contributed by atoms with Crippen LogP contribution >= 0.6 is 0 Å². The van der Waals surface area contributed by atoms with Gasteiger partial charge in [0.15, 0.2) is 0 Å². The zero-order chi connectivity index (χ0) is 22.4. The molecule has 0 radical (unpaired) electrons. The molecule has 31 heavy (non-hydrogen) atoms. The molecule has 0 aliphatic heterocycles. The molecule has 5 nitrogen and oxygen atoms in total. The number of hydrogen-bond donors (Lipinski definition) is 3. The Bertz CT molecular complexity index is 1160. The van der Waals surface area contributed by atoms with Crippen molar-refractivity contribution in [2.45, 2.75) is 6.54 Å². The lowest BCUT2D eigenvalue weighted by atomic mass is 10.0. The van der Waals surface area contributed by atoms with Crippen molar-refractivity contribution in [1.82, 2.24) is 5.32 Å². The molecule has 0 bridgehead atoms. The van der Waals surface area contributed by atoms with E-state index < -0.39 is 11.7 Å². The van der Waals surface area contributed by atoms with E-state index >= 15 is 0 Å². The fourth-order valence-corrected chi connectivity index (χ4v) is 2.98. The number of carbonyl (C=O) groups is 1. The number of hydrogen-bond acceptors (Lipinski definition) is 4. The maximum Gasteiger partial charge on any atom is 0.255 e. The topological polar surface area (TPSA) is 88.2 Å². The summed E-state index contributed by atoms with van der Waals surface area (Å²) in [6.45, 7) is -0.100. The lowest BCUT2D eigenvalue weighted by Crippen LogP contribution is -2.24. The highest BCUT2D eigenvalue weighted by atomic mass is 19.1. The number of ether oxygens (including phenoxy) is 1. The summed E-state index contributed by atoms with van der Waals surface area (Å²) in [5.41, 5.74) is 7.39. The van der Waals surface area contributed by atoms with Crippen molar-refractivity contribution in [2.75, 3.05) is 12.8 Å². The number of nitrogen functional groups attached to an aromatic ring is 1. The molecule has 0 spiro atoms. The molecule has 0 saturated heterocycles. The molecule has 1 amide bonds. The number of benzene rings is 3. The zero-order valence-electron chi connectivity index (χ0n) is 16.8. The molecule has 0 aliphatic carbocycles. The lowest BCUT2D eigenvalue weighted by molar-refractivity contribution is 0.0947. The molecular formula is C24H21F2N3O2. The number of methoxy groups -OCH3 is 1. The third-order valence-corrected chi connectivity index (χ3v) is 4.59. The van der Waals surface area contributed by atoms with Crippen molar-refractivity contribution in [2.24, 2.45) is 0 Å². The van der Waals surface area contributed by atoms with Crippen LogP contribution in [0.15, 0.2) is 66.7 Å². The van der Waals surface area contributed by atoms with Gasteiger partial charge in [0.1, 0.15) is 17.4 Å². The van der Waals surface area contributed by atoms with Crippen LogP contribution < -0.4 is 15.8 Å². The first-order valence-electron chi connectivity index (χ1n) is 9.40. The van der Waals surface area contributed by atoms with E-state index in [9.17, 15) is 13.6 Å². The minimum atomic E-state index is -0.594. The number of nitrogens with two attached hydrogens (primary N) is 1. The summed E-state index contributed by atoms with van der Waals surface area (Å²) >= 11 is 0. The average molecular weight is 421 g/mol. The van der Waals surface area contributed by atoms with Gasteiger partial charge < -0.3 is 21.2 Å². The summed E-state index contributed by atoms with van der Waals surface area (Å²) in [4.78, 5) is 12.5. The number of anilines is 1. The van der Waals surface area contributed by atoms with Gasteiger partial charge in [0.25, 0.3) is 5.91 Å². The second kappa shape index (κ2) is 9.67. The minimum absolute atomic E-state index is 0.0269. The van der Waals surface area contributed by atoms with Gasteiger partial charge >= 0.3 is 0 Å². The van der Waals surface area contributed by atoms with Gasteiger partial charge in [-0.15, -0.1) is 0 Å². The van der Waals surface area contributed by atoms with Crippen molar-refractivity contribution >= 4 is 23.4 Å². The molecule has 3 aromatic rings. The van der Waals surface area contributed by atoms with Gasteiger partial charge in [0.2, 0.25) is 0 Å². The van der Waals surface area contributed by atoms with E-state index in [1.54, 1.807) is 42.5 Å². The quantitative estimate of drug-likeness (QED) is 0.386. The fraction of sp³-hybridized carbons (Fsp3) is 0.0833. The number of amides is 1. The van der Waals surface area contributed by atoms with E-state index in [2.05, 4.69) is 5.32 Å². The Morgan fingerprint density at radius 1 is 1.10 bits per heavy atom. The Kier molecular flexibility index (Phi) is 6.77. The number of rotatable bonds is 7. The van der Waals surface area contributed by atoms with Crippen LogP contribution in [0, 0.1) is 17.0 Å². The third-order valence-electron chi connectivity index (χ3n) is 4.59. The van der Waals surface area contributed by atoms with Crippen molar-refractivity contribution in [1.29, 1.82) is 5.41 Å². The van der Waals surface area contributed by atoms with Crippen LogP contribution in [0.2, 0.25) is 0 Å². The molecule has 0 aromatic heterocycles. The lowest BCUT2D eigenvalue weighted by Gasteiger charge is -2.12. The second-order valence-corrected chi connectivity index (χ2v) is 6.72. The summed E-state index contributed by atoms with van der Waals surface area (Å²) in [5.74, 6) is -0.995. The van der Waals surface area contributed by atoms with Gasteiger partial charge in [-0.2, -0.15) is 0 Å². The Morgan fingerprint density at radius 2 is 1.87 bits per heavy atom. The average Bonchev–Trinajstić information content (AvgIpc) is 2.76. The Balaban J connectivity index is 1.77. The molecule has 158 valence electrons. The molecule has 3 aromatic carbocycles. The first-order valence-corrected chi connectivity index (χ1v) is 9.40. The monoisotopic (exact) mass is 421 g/mol. The molecule has 0 heterocycles. The molecule has 0 aliphatic rings. The number of allylic oxidation sites excluding steroid dienone is 1. The highest BCUT2D eigenvalue weighted by Crippen LogP contribution is 2.21. The summed E-state index contributed by atoms with van der Waals surface area (Å²) < 4.78 is 32.9. The number of nitrogens with one attached hydrogen (secondary N) is 2. The van der Waals surface area contributed by atoms with Gasteiger partial charge in [-0.1, -0.05) is 30.3 Å². The van der Waals surface area contributed by atoms with E-state index in [4.69, 9.17) is 15.9 Å². The van der Waals surface area contributed by atoms with Crippen molar-refractivity contribution in [3.8, 4) is 5.75 Å². The molecule has 0 fully saturated rings. The normalized spacial score (nSPS) is 10.8. The Hall–Kier alpha value is -4.00. The standard InChI is InChI=1S/C24H21F2N3O2/c1-31-23-8-3-2-7-18(23)24(30)29-14-16-12-19(22(28)13-20(16)26)21(27)10-9-15-5-4-6-17(25)11-15/h2-13,27H,14,28H2,1H3,(H,29,30)/b10-9+,27-21?. The molecule has 7 heteroatoms. The fourth-order valence-electron chi connectivity index (χ4n) is 2.98. The third kappa shape index (κ3) is 5.33. The van der Waals surface area contributed by atoms with Crippen LogP contribution in [0.1, 0.15) is 27.0 Å². The van der Waals surface area contributed by atoms with Crippen LogP contribution in [0.5, 0.6) is 5.75 Å². The van der Waals surface area contributed by atoms with Gasteiger partial charge in [-0.3, -0.25) is 4.79 Å². The summed E-state index contributed by atoms with van der Waals surface area (Å²) in [6.07, 6.45) is 3.02. The largest absolute Gasteiger partial charge is 0.496 e. The molecule has 0 saturated carbocycles. The second-order valence-electron chi connectivity index (χ2n) is 6.72. The van der Waals surface area contributed by atoms with E-state index in [1.807, 2.05) is 0 Å². The molecule has 4 N–H and O–H groups in total. The molecule has 0 unspecified atom stereocenters. The van der Waals surface area contributed by atoms with Crippen molar-refractivity contribution in [3.63, 3.8) is 0 Å². The van der Waals surface area contributed by atoms with Gasteiger partial charge in [-0.25, -0.2) is 8.78 Å². The SMILES string of the molecule is COc1ccccc1C(=O)NCc1cc(C(=N)/C=C/c2cccc(F)c2)c(N)cc1F. The Morgan fingerprint density at radius 3 is 2.61 bits per heavy atom. The Labute approximate surface area is 178 Å². The van der Waals surface area contributed by atoms with Gasteiger partial charge in [0.05, 0.1) is 18.4 Å². The highest BCUT2D eigenvalue weighted by molar-refractivity contribution is 6.12. The van der Waals surface area contributed by atoms with Crippen LogP contribution in [0.25, 0.3) is 6.08 Å². The van der Waals surface area contributed by atoms with Crippen LogP contribution in [-0.2, 0) is 6.54 Å². The van der Waals surface area contributed by atoms with Crippen LogP contribution in [0.4, 0.5) is 14.5 Å². The first-order chi connectivity index (χ1) is 14.9. The van der Waals surface area contributed by atoms with E-state index in [0.717, 1.165) is 6.07 Å². The minimum Gasteiger partial charge on any atom is -0.496 e. The van der Waals surface area contributed by atoms with Crippen LogP contribution in [0.3, 0.4) is 0 Å². The molecular weight excluding hydrogens is 400 g/mol. The predicted octanol–water partition coefficient (Wildman–Crippen LogP) is 4.57. The van der Waals surface area contributed by atoms with Gasteiger partial charge in [-0.05, 0) is 48.0 Å². The van der Waals surface area contributed by atoms with E-state index in [-0.39, 0.29) is 29.3 Å². The first kappa shape index (κ1) is 21.7. The van der Waals surface area contributed by atoms with Crippen molar-refractivity contribution in [3.05, 3.63) is 101 Å². The van der Waals surface area contributed by atoms with E-state index in [1.165, 1.54) is 31.4 Å². The van der Waals surface area contributed by atoms with Crippen LogP contribution in [-0.4, -0.2) is 18.7 Å². The summed E-state index contributed by atoms with van der Waals surface area (Å²) in [6, 6.07) is 15.1. The summed E-state index contributed by atoms with van der Waals surface area (Å²) in [7, 11) is 1.46. The highest BCUT2D eigenvalue weighted by Gasteiger charge is 2.14. The van der Waals surface area contributed by atoms with Gasteiger partial charge in [0, 0.05) is 23.4 Å². The number of carbonyl (C=O) groups excluding carboxylic acids is 1. The van der Waals surface area contributed by atoms with E-state index in [0.29, 0.717) is 22.4 Å².